The lowest BCUT2D eigenvalue weighted by Gasteiger charge is -2.32. The first-order valence-electron chi connectivity index (χ1n) is 7.40. The van der Waals surface area contributed by atoms with Gasteiger partial charge in [-0.05, 0) is 36.8 Å². The zero-order valence-electron chi connectivity index (χ0n) is 12.4. The van der Waals surface area contributed by atoms with Gasteiger partial charge >= 0.3 is 0 Å². The van der Waals surface area contributed by atoms with Crippen LogP contribution in [-0.4, -0.2) is 46.4 Å². The highest BCUT2D eigenvalue weighted by Gasteiger charge is 2.25. The standard InChI is InChI=1S/C16H18FN3O2/c1-2-14-11-19(9-10-22-14)16(21)15-7-8-20(18-15)13-5-3-12(17)4-6-13/h3-8,14H,2,9-11H2,1H3/t14-/m0/s1. The van der Waals surface area contributed by atoms with Gasteiger partial charge in [0.1, 0.15) is 5.82 Å². The average molecular weight is 303 g/mol. The number of nitrogens with zero attached hydrogens (tertiary/aromatic N) is 3. The molecule has 1 amide bonds. The number of carbonyl (C=O) groups excluding carboxylic acids is 1. The van der Waals surface area contributed by atoms with E-state index < -0.39 is 0 Å². The molecule has 0 radical (unpaired) electrons. The van der Waals surface area contributed by atoms with E-state index in [1.54, 1.807) is 34.0 Å². The topological polar surface area (TPSA) is 47.4 Å². The zero-order chi connectivity index (χ0) is 15.5. The van der Waals surface area contributed by atoms with E-state index in [2.05, 4.69) is 5.10 Å². The fourth-order valence-corrected chi connectivity index (χ4v) is 2.49. The van der Waals surface area contributed by atoms with Crippen molar-refractivity contribution in [1.29, 1.82) is 0 Å². The molecular formula is C16H18FN3O2. The molecule has 0 aliphatic carbocycles. The van der Waals surface area contributed by atoms with Crippen molar-refractivity contribution in [3.63, 3.8) is 0 Å². The van der Waals surface area contributed by atoms with Crippen LogP contribution in [0.2, 0.25) is 0 Å². The molecule has 5 nitrogen and oxygen atoms in total. The van der Waals surface area contributed by atoms with Crippen molar-refractivity contribution < 1.29 is 13.9 Å². The Hall–Kier alpha value is -2.21. The van der Waals surface area contributed by atoms with Gasteiger partial charge in [-0.25, -0.2) is 9.07 Å². The number of amides is 1. The SMILES string of the molecule is CC[C@H]1CN(C(=O)c2ccn(-c3ccc(F)cc3)n2)CCO1. The van der Waals surface area contributed by atoms with Crippen LogP contribution in [0.3, 0.4) is 0 Å². The molecule has 1 aromatic carbocycles. The van der Waals surface area contributed by atoms with E-state index in [0.29, 0.717) is 31.1 Å². The number of halogens is 1. The Kier molecular flexibility index (Phi) is 4.20. The van der Waals surface area contributed by atoms with Crippen LogP contribution in [0.15, 0.2) is 36.5 Å². The number of carbonyl (C=O) groups is 1. The second-order valence-corrected chi connectivity index (χ2v) is 5.27. The van der Waals surface area contributed by atoms with Crippen molar-refractivity contribution in [2.75, 3.05) is 19.7 Å². The van der Waals surface area contributed by atoms with Crippen LogP contribution in [0.4, 0.5) is 4.39 Å². The first-order valence-corrected chi connectivity index (χ1v) is 7.40. The third-order valence-electron chi connectivity index (χ3n) is 3.78. The summed E-state index contributed by atoms with van der Waals surface area (Å²) in [7, 11) is 0. The molecule has 1 fully saturated rings. The largest absolute Gasteiger partial charge is 0.375 e. The van der Waals surface area contributed by atoms with E-state index in [4.69, 9.17) is 4.74 Å². The molecule has 22 heavy (non-hydrogen) atoms. The summed E-state index contributed by atoms with van der Waals surface area (Å²) < 4.78 is 20.1. The maximum atomic E-state index is 12.9. The second-order valence-electron chi connectivity index (χ2n) is 5.27. The zero-order valence-corrected chi connectivity index (χ0v) is 12.4. The third kappa shape index (κ3) is 3.01. The summed E-state index contributed by atoms with van der Waals surface area (Å²) in [4.78, 5) is 14.3. The van der Waals surface area contributed by atoms with Gasteiger partial charge in [0.2, 0.25) is 0 Å². The van der Waals surface area contributed by atoms with E-state index in [1.807, 2.05) is 6.92 Å². The predicted molar refractivity (Wildman–Crippen MR) is 79.5 cm³/mol. The normalized spacial score (nSPS) is 18.5. The number of aromatic nitrogens is 2. The highest BCUT2D eigenvalue weighted by atomic mass is 19.1. The van der Waals surface area contributed by atoms with E-state index >= 15 is 0 Å². The Morgan fingerprint density at radius 3 is 2.86 bits per heavy atom. The first kappa shape index (κ1) is 14.7. The number of hydrogen-bond donors (Lipinski definition) is 0. The summed E-state index contributed by atoms with van der Waals surface area (Å²) in [5.74, 6) is -0.395. The first-order chi connectivity index (χ1) is 10.7. The summed E-state index contributed by atoms with van der Waals surface area (Å²) in [5.41, 5.74) is 1.11. The van der Waals surface area contributed by atoms with E-state index in [1.165, 1.54) is 12.1 Å². The van der Waals surface area contributed by atoms with Gasteiger partial charge in [-0.2, -0.15) is 5.10 Å². The van der Waals surface area contributed by atoms with Crippen LogP contribution in [0.5, 0.6) is 0 Å². The van der Waals surface area contributed by atoms with Crippen LogP contribution in [0.1, 0.15) is 23.8 Å². The molecular weight excluding hydrogens is 285 g/mol. The highest BCUT2D eigenvalue weighted by molar-refractivity contribution is 5.92. The minimum absolute atomic E-state index is 0.0943. The number of benzene rings is 1. The lowest BCUT2D eigenvalue weighted by molar-refractivity contribution is -0.0228. The van der Waals surface area contributed by atoms with E-state index in [-0.39, 0.29) is 17.8 Å². The number of rotatable bonds is 3. The smallest absolute Gasteiger partial charge is 0.274 e. The second kappa shape index (κ2) is 6.27. The molecule has 1 atom stereocenters. The molecule has 0 unspecified atom stereocenters. The molecule has 1 saturated heterocycles. The van der Waals surface area contributed by atoms with Gasteiger partial charge in [0.15, 0.2) is 5.69 Å². The molecule has 0 N–H and O–H groups in total. The molecule has 1 aliphatic rings. The van der Waals surface area contributed by atoms with Crippen LogP contribution in [-0.2, 0) is 4.74 Å². The molecule has 0 spiro atoms. The summed E-state index contributed by atoms with van der Waals surface area (Å²) in [5, 5.41) is 4.30. The van der Waals surface area contributed by atoms with E-state index in [9.17, 15) is 9.18 Å². The van der Waals surface area contributed by atoms with Crippen LogP contribution in [0.25, 0.3) is 5.69 Å². The Morgan fingerprint density at radius 2 is 2.14 bits per heavy atom. The van der Waals surface area contributed by atoms with Crippen molar-refractivity contribution in [3.8, 4) is 5.69 Å². The lowest BCUT2D eigenvalue weighted by atomic mass is 10.2. The summed E-state index contributed by atoms with van der Waals surface area (Å²) in [6.07, 6.45) is 2.68. The molecule has 1 aliphatic heterocycles. The molecule has 0 bridgehead atoms. The van der Waals surface area contributed by atoms with Crippen molar-refractivity contribution in [2.45, 2.75) is 19.4 Å². The molecule has 6 heteroatoms. The monoisotopic (exact) mass is 303 g/mol. The summed E-state index contributed by atoms with van der Waals surface area (Å²) in [6.45, 7) is 3.78. The van der Waals surface area contributed by atoms with Gasteiger partial charge in [0, 0.05) is 19.3 Å². The molecule has 3 rings (SSSR count). The minimum atomic E-state index is -0.300. The fraction of sp³-hybridized carbons (Fsp3) is 0.375. The number of ether oxygens (including phenoxy) is 1. The Labute approximate surface area is 128 Å². The summed E-state index contributed by atoms with van der Waals surface area (Å²) in [6, 6.07) is 7.66. The Morgan fingerprint density at radius 1 is 1.36 bits per heavy atom. The minimum Gasteiger partial charge on any atom is -0.375 e. The molecule has 0 saturated carbocycles. The van der Waals surface area contributed by atoms with Crippen molar-refractivity contribution in [1.82, 2.24) is 14.7 Å². The van der Waals surface area contributed by atoms with Crippen molar-refractivity contribution in [2.24, 2.45) is 0 Å². The van der Waals surface area contributed by atoms with Crippen LogP contribution >= 0.6 is 0 Å². The van der Waals surface area contributed by atoms with Gasteiger partial charge in [0.05, 0.1) is 18.4 Å². The number of hydrogen-bond acceptors (Lipinski definition) is 3. The molecule has 116 valence electrons. The highest BCUT2D eigenvalue weighted by Crippen LogP contribution is 2.13. The Bertz CT molecular complexity index is 654. The maximum Gasteiger partial charge on any atom is 0.274 e. The molecule has 2 heterocycles. The van der Waals surface area contributed by atoms with Gasteiger partial charge in [0.25, 0.3) is 5.91 Å². The van der Waals surface area contributed by atoms with Crippen LogP contribution < -0.4 is 0 Å². The summed E-state index contributed by atoms with van der Waals surface area (Å²) >= 11 is 0. The average Bonchev–Trinajstić information content (AvgIpc) is 3.05. The quantitative estimate of drug-likeness (QED) is 0.874. The molecule has 1 aromatic heterocycles. The van der Waals surface area contributed by atoms with Gasteiger partial charge < -0.3 is 9.64 Å². The van der Waals surface area contributed by atoms with Gasteiger partial charge in [-0.15, -0.1) is 0 Å². The molecule has 2 aromatic rings. The Balaban J connectivity index is 1.75. The fourth-order valence-electron chi connectivity index (χ4n) is 2.49. The van der Waals surface area contributed by atoms with Gasteiger partial charge in [-0.1, -0.05) is 6.92 Å². The predicted octanol–water partition coefficient (Wildman–Crippen LogP) is 2.26. The van der Waals surface area contributed by atoms with E-state index in [0.717, 1.165) is 6.42 Å². The van der Waals surface area contributed by atoms with Crippen molar-refractivity contribution in [3.05, 3.63) is 48.0 Å². The maximum absolute atomic E-state index is 12.9. The third-order valence-corrected chi connectivity index (χ3v) is 3.78. The number of morpholine rings is 1. The van der Waals surface area contributed by atoms with Gasteiger partial charge in [-0.3, -0.25) is 4.79 Å². The lowest BCUT2D eigenvalue weighted by Crippen LogP contribution is -2.45. The van der Waals surface area contributed by atoms with Crippen molar-refractivity contribution >= 4 is 5.91 Å². The van der Waals surface area contributed by atoms with Crippen LogP contribution in [0, 0.1) is 5.82 Å².